The van der Waals surface area contributed by atoms with Gasteiger partial charge in [-0.2, -0.15) is 0 Å². The van der Waals surface area contributed by atoms with Gasteiger partial charge in [0.05, 0.1) is 11.9 Å². The molecule has 0 aromatic heterocycles. The summed E-state index contributed by atoms with van der Waals surface area (Å²) in [6.07, 6.45) is 1.95. The number of hydrogen-bond acceptors (Lipinski definition) is 4. The van der Waals surface area contributed by atoms with Gasteiger partial charge in [-0.3, -0.25) is 9.59 Å². The van der Waals surface area contributed by atoms with Gasteiger partial charge in [0.2, 0.25) is 21.8 Å². The Labute approximate surface area is 146 Å². The summed E-state index contributed by atoms with van der Waals surface area (Å²) in [6, 6.07) is 4.94. The van der Waals surface area contributed by atoms with Crippen molar-refractivity contribution in [2.75, 3.05) is 24.7 Å². The van der Waals surface area contributed by atoms with E-state index in [9.17, 15) is 22.4 Å². The minimum atomic E-state index is -3.25. The van der Waals surface area contributed by atoms with Gasteiger partial charge in [0.25, 0.3) is 0 Å². The van der Waals surface area contributed by atoms with E-state index in [1.54, 1.807) is 6.07 Å². The summed E-state index contributed by atoms with van der Waals surface area (Å²) >= 11 is 0. The predicted octanol–water partition coefficient (Wildman–Crippen LogP) is 0.941. The number of piperidine rings is 1. The zero-order chi connectivity index (χ0) is 18.6. The van der Waals surface area contributed by atoms with Crippen LogP contribution in [0.5, 0.6) is 0 Å². The fourth-order valence-electron chi connectivity index (χ4n) is 2.65. The normalized spacial score (nSPS) is 17.7. The van der Waals surface area contributed by atoms with Gasteiger partial charge in [-0.05, 0) is 31.9 Å². The molecule has 0 bridgehead atoms. The van der Waals surface area contributed by atoms with Gasteiger partial charge in [-0.15, -0.1) is 0 Å². The minimum absolute atomic E-state index is 0.0510. The molecule has 2 N–H and O–H groups in total. The monoisotopic (exact) mass is 371 g/mol. The Balaban J connectivity index is 1.86. The molecule has 2 amide bonds. The Hall–Kier alpha value is -2.00. The number of amides is 2. The number of carbonyl (C=O) groups excluding carboxylic acids is 2. The van der Waals surface area contributed by atoms with Crippen molar-refractivity contribution < 1.29 is 22.4 Å². The van der Waals surface area contributed by atoms with E-state index in [1.165, 1.54) is 29.4 Å². The van der Waals surface area contributed by atoms with E-state index in [0.29, 0.717) is 12.8 Å². The Morgan fingerprint density at radius 1 is 1.24 bits per heavy atom. The summed E-state index contributed by atoms with van der Waals surface area (Å²) in [7, 11) is -3.25. The van der Waals surface area contributed by atoms with Crippen molar-refractivity contribution in [3.05, 3.63) is 30.1 Å². The van der Waals surface area contributed by atoms with Gasteiger partial charge in [0.15, 0.2) is 0 Å². The zero-order valence-electron chi connectivity index (χ0n) is 14.2. The molecule has 0 radical (unpaired) electrons. The molecular weight excluding hydrogens is 349 g/mol. The lowest BCUT2D eigenvalue weighted by atomic mass is 9.97. The van der Waals surface area contributed by atoms with E-state index in [4.69, 9.17) is 0 Å². The fourth-order valence-corrected chi connectivity index (χ4v) is 3.52. The van der Waals surface area contributed by atoms with Gasteiger partial charge < -0.3 is 10.6 Å². The number of hydrogen-bond donors (Lipinski definition) is 2. The SMILES string of the molecule is CC(NC(=O)C1CCN(S(C)(=O)=O)CC1)C(=O)Nc1ccccc1F. The van der Waals surface area contributed by atoms with Crippen molar-refractivity contribution in [3.8, 4) is 0 Å². The van der Waals surface area contributed by atoms with Crippen LogP contribution in [0.2, 0.25) is 0 Å². The van der Waals surface area contributed by atoms with E-state index in [1.807, 2.05) is 0 Å². The second-order valence-electron chi connectivity index (χ2n) is 6.14. The number of halogens is 1. The number of sulfonamides is 1. The molecule has 7 nitrogen and oxygen atoms in total. The molecule has 1 aromatic rings. The van der Waals surface area contributed by atoms with Crippen molar-refractivity contribution >= 4 is 27.5 Å². The summed E-state index contributed by atoms with van der Waals surface area (Å²) in [5.41, 5.74) is 0.0510. The van der Waals surface area contributed by atoms with Gasteiger partial charge in [0.1, 0.15) is 11.9 Å². The van der Waals surface area contributed by atoms with Crippen molar-refractivity contribution in [2.24, 2.45) is 5.92 Å². The smallest absolute Gasteiger partial charge is 0.246 e. The van der Waals surface area contributed by atoms with E-state index < -0.39 is 27.8 Å². The van der Waals surface area contributed by atoms with Gasteiger partial charge in [-0.1, -0.05) is 12.1 Å². The summed E-state index contributed by atoms with van der Waals surface area (Å²) < 4.78 is 37.8. The van der Waals surface area contributed by atoms with Crippen LogP contribution in [0, 0.1) is 11.7 Å². The molecule has 1 aliphatic heterocycles. The third kappa shape index (κ3) is 5.23. The van der Waals surface area contributed by atoms with Crippen LogP contribution < -0.4 is 10.6 Å². The first kappa shape index (κ1) is 19.3. The number of carbonyl (C=O) groups is 2. The number of benzene rings is 1. The maximum atomic E-state index is 13.5. The van der Waals surface area contributed by atoms with Crippen molar-refractivity contribution in [2.45, 2.75) is 25.8 Å². The molecule has 0 saturated carbocycles. The maximum absolute atomic E-state index is 13.5. The number of nitrogens with zero attached hydrogens (tertiary/aromatic N) is 1. The summed E-state index contributed by atoms with van der Waals surface area (Å²) in [5, 5.41) is 5.03. The molecule has 1 fully saturated rings. The predicted molar refractivity (Wildman–Crippen MR) is 91.8 cm³/mol. The molecule has 25 heavy (non-hydrogen) atoms. The highest BCUT2D eigenvalue weighted by molar-refractivity contribution is 7.88. The molecule has 0 aliphatic carbocycles. The van der Waals surface area contributed by atoms with E-state index in [0.717, 1.165) is 6.26 Å². The molecule has 1 aromatic carbocycles. The Kier molecular flexibility index (Phi) is 6.12. The Morgan fingerprint density at radius 2 is 1.84 bits per heavy atom. The van der Waals surface area contributed by atoms with Crippen molar-refractivity contribution in [3.63, 3.8) is 0 Å². The first-order chi connectivity index (χ1) is 11.7. The number of para-hydroxylation sites is 1. The highest BCUT2D eigenvalue weighted by Crippen LogP contribution is 2.19. The number of rotatable bonds is 5. The van der Waals surface area contributed by atoms with Crippen LogP contribution in [0.4, 0.5) is 10.1 Å². The lowest BCUT2D eigenvalue weighted by Crippen LogP contribution is -2.47. The number of anilines is 1. The lowest BCUT2D eigenvalue weighted by molar-refractivity contribution is -0.129. The molecule has 0 spiro atoms. The summed E-state index contributed by atoms with van der Waals surface area (Å²) in [4.78, 5) is 24.3. The molecule has 2 rings (SSSR count). The van der Waals surface area contributed by atoms with E-state index >= 15 is 0 Å². The van der Waals surface area contributed by atoms with Crippen LogP contribution in [0.3, 0.4) is 0 Å². The zero-order valence-corrected chi connectivity index (χ0v) is 15.0. The average Bonchev–Trinajstić information content (AvgIpc) is 2.56. The highest BCUT2D eigenvalue weighted by Gasteiger charge is 2.30. The molecule has 1 aliphatic rings. The van der Waals surface area contributed by atoms with Crippen molar-refractivity contribution in [1.29, 1.82) is 0 Å². The van der Waals surface area contributed by atoms with Crippen LogP contribution in [-0.2, 0) is 19.6 Å². The molecular formula is C16H22FN3O4S. The topological polar surface area (TPSA) is 95.6 Å². The minimum Gasteiger partial charge on any atom is -0.344 e. The molecule has 1 atom stereocenters. The van der Waals surface area contributed by atoms with E-state index in [2.05, 4.69) is 10.6 Å². The summed E-state index contributed by atoms with van der Waals surface area (Å²) in [6.45, 7) is 2.08. The first-order valence-corrected chi connectivity index (χ1v) is 9.84. The number of nitrogens with one attached hydrogen (secondary N) is 2. The van der Waals surface area contributed by atoms with Crippen LogP contribution in [0.15, 0.2) is 24.3 Å². The largest absolute Gasteiger partial charge is 0.344 e. The first-order valence-electron chi connectivity index (χ1n) is 7.99. The average molecular weight is 371 g/mol. The molecule has 1 unspecified atom stereocenters. The maximum Gasteiger partial charge on any atom is 0.246 e. The quantitative estimate of drug-likeness (QED) is 0.805. The van der Waals surface area contributed by atoms with Gasteiger partial charge in [0, 0.05) is 19.0 Å². The molecule has 9 heteroatoms. The van der Waals surface area contributed by atoms with E-state index in [-0.39, 0.29) is 30.6 Å². The van der Waals surface area contributed by atoms with Crippen LogP contribution in [0.1, 0.15) is 19.8 Å². The molecule has 138 valence electrons. The second-order valence-corrected chi connectivity index (χ2v) is 8.12. The van der Waals surface area contributed by atoms with Gasteiger partial charge >= 0.3 is 0 Å². The van der Waals surface area contributed by atoms with Crippen LogP contribution >= 0.6 is 0 Å². The molecule has 1 heterocycles. The third-order valence-corrected chi connectivity index (χ3v) is 5.48. The van der Waals surface area contributed by atoms with Crippen molar-refractivity contribution in [1.82, 2.24) is 9.62 Å². The highest BCUT2D eigenvalue weighted by atomic mass is 32.2. The summed E-state index contributed by atoms with van der Waals surface area (Å²) in [5.74, 6) is -1.72. The molecule has 1 saturated heterocycles. The van der Waals surface area contributed by atoms with Crippen LogP contribution in [-0.4, -0.2) is 49.9 Å². The third-order valence-electron chi connectivity index (χ3n) is 4.18. The second kappa shape index (κ2) is 7.92. The Bertz CT molecular complexity index is 746. The van der Waals surface area contributed by atoms with Crippen LogP contribution in [0.25, 0.3) is 0 Å². The lowest BCUT2D eigenvalue weighted by Gasteiger charge is -2.30. The van der Waals surface area contributed by atoms with Gasteiger partial charge in [-0.25, -0.2) is 17.1 Å². The Morgan fingerprint density at radius 3 is 2.40 bits per heavy atom. The fraction of sp³-hybridized carbons (Fsp3) is 0.500. The standard InChI is InChI=1S/C16H22FN3O4S/c1-11(15(21)19-14-6-4-3-5-13(14)17)18-16(22)12-7-9-20(10-8-12)25(2,23)24/h3-6,11-12H,7-10H2,1-2H3,(H,18,22)(H,19,21).